The third kappa shape index (κ3) is 3.41. The molecule has 1 heterocycles. The summed E-state index contributed by atoms with van der Waals surface area (Å²) in [4.78, 5) is 0. The van der Waals surface area contributed by atoms with Gasteiger partial charge in [-0.15, -0.1) is 0 Å². The van der Waals surface area contributed by atoms with E-state index < -0.39 is 0 Å². The second-order valence-electron chi connectivity index (χ2n) is 6.19. The smallest absolute Gasteiger partial charge is 0.0572 e. The largest absolute Gasteiger partial charge is 0.395 e. The number of aliphatic hydroxyl groups excluding tert-OH is 2. The van der Waals surface area contributed by atoms with Gasteiger partial charge in [0, 0.05) is 24.2 Å². The predicted molar refractivity (Wildman–Crippen MR) is 69.6 cm³/mol. The molecule has 0 radical (unpaired) electrons. The first-order chi connectivity index (χ1) is 7.85. The fourth-order valence-corrected chi connectivity index (χ4v) is 3.29. The first-order valence-corrected chi connectivity index (χ1v) is 6.62. The highest BCUT2D eigenvalue weighted by Crippen LogP contribution is 2.39. The lowest BCUT2D eigenvalue weighted by molar-refractivity contribution is -0.189. The zero-order valence-corrected chi connectivity index (χ0v) is 11.7. The summed E-state index contributed by atoms with van der Waals surface area (Å²) in [6.07, 6.45) is 3.55. The van der Waals surface area contributed by atoms with Gasteiger partial charge >= 0.3 is 0 Å². The van der Waals surface area contributed by atoms with Crippen LogP contribution in [0.1, 0.15) is 47.0 Å². The molecule has 17 heavy (non-hydrogen) atoms. The van der Waals surface area contributed by atoms with E-state index >= 15 is 0 Å². The molecule has 1 fully saturated rings. The average molecular weight is 244 g/mol. The van der Waals surface area contributed by atoms with Crippen LogP contribution < -0.4 is 0 Å². The van der Waals surface area contributed by atoms with Crippen LogP contribution in [0.15, 0.2) is 0 Å². The maximum absolute atomic E-state index is 9.18. The van der Waals surface area contributed by atoms with Gasteiger partial charge < -0.3 is 10.2 Å². The maximum Gasteiger partial charge on any atom is 0.0572 e. The molecular formula is C13H28N2O2. The summed E-state index contributed by atoms with van der Waals surface area (Å²) in [5.41, 5.74) is 0.179. The van der Waals surface area contributed by atoms with Gasteiger partial charge in [-0.1, -0.05) is 0 Å². The molecule has 0 aliphatic carbocycles. The third-order valence-corrected chi connectivity index (χ3v) is 3.72. The van der Waals surface area contributed by atoms with Crippen LogP contribution in [-0.4, -0.2) is 57.6 Å². The molecule has 0 unspecified atom stereocenters. The Bertz CT molecular complexity index is 220. The minimum Gasteiger partial charge on any atom is -0.395 e. The SMILES string of the molecule is CC1(C)CCCC(C)(C)N1N(CCO)CCO. The van der Waals surface area contributed by atoms with Gasteiger partial charge in [-0.05, 0) is 47.0 Å². The van der Waals surface area contributed by atoms with Crippen LogP contribution in [0.4, 0.5) is 0 Å². The maximum atomic E-state index is 9.18. The second kappa shape index (κ2) is 5.65. The molecular weight excluding hydrogens is 216 g/mol. The monoisotopic (exact) mass is 244 g/mol. The summed E-state index contributed by atoms with van der Waals surface area (Å²) in [5.74, 6) is 0. The molecule has 0 aromatic heterocycles. The minimum atomic E-state index is 0.0894. The van der Waals surface area contributed by atoms with E-state index in [-0.39, 0.29) is 24.3 Å². The Morgan fingerprint density at radius 3 is 1.71 bits per heavy atom. The fraction of sp³-hybridized carbons (Fsp3) is 1.00. The van der Waals surface area contributed by atoms with Crippen molar-refractivity contribution in [3.8, 4) is 0 Å². The number of piperidine rings is 1. The van der Waals surface area contributed by atoms with Crippen molar-refractivity contribution in [3.05, 3.63) is 0 Å². The van der Waals surface area contributed by atoms with Crippen LogP contribution in [0.2, 0.25) is 0 Å². The van der Waals surface area contributed by atoms with Crippen LogP contribution in [0, 0.1) is 0 Å². The molecule has 1 aliphatic heterocycles. The van der Waals surface area contributed by atoms with E-state index in [1.165, 1.54) is 6.42 Å². The Morgan fingerprint density at radius 1 is 0.941 bits per heavy atom. The van der Waals surface area contributed by atoms with Crippen LogP contribution in [0.25, 0.3) is 0 Å². The zero-order chi connectivity index (χ0) is 13.1. The van der Waals surface area contributed by atoms with Crippen molar-refractivity contribution in [1.29, 1.82) is 0 Å². The second-order valence-corrected chi connectivity index (χ2v) is 6.19. The summed E-state index contributed by atoms with van der Waals surface area (Å²) >= 11 is 0. The molecule has 1 aliphatic rings. The van der Waals surface area contributed by atoms with Crippen molar-refractivity contribution >= 4 is 0 Å². The molecule has 0 bridgehead atoms. The number of hydrazine groups is 1. The van der Waals surface area contributed by atoms with E-state index in [1.54, 1.807) is 0 Å². The van der Waals surface area contributed by atoms with Crippen LogP contribution in [-0.2, 0) is 0 Å². The highest BCUT2D eigenvalue weighted by Gasteiger charge is 2.44. The van der Waals surface area contributed by atoms with Gasteiger partial charge in [-0.25, -0.2) is 10.0 Å². The Morgan fingerprint density at radius 2 is 1.35 bits per heavy atom. The molecule has 1 rings (SSSR count). The quantitative estimate of drug-likeness (QED) is 0.763. The standard InChI is InChI=1S/C13H28N2O2/c1-12(2)6-5-7-13(3,4)15(12)14(8-10-16)9-11-17/h16-17H,5-11H2,1-4H3. The number of nitrogens with zero attached hydrogens (tertiary/aromatic N) is 2. The van der Waals surface area contributed by atoms with Gasteiger partial charge in [-0.2, -0.15) is 0 Å². The van der Waals surface area contributed by atoms with Crippen molar-refractivity contribution in [2.75, 3.05) is 26.3 Å². The molecule has 4 heteroatoms. The number of hydrogen-bond donors (Lipinski definition) is 2. The number of rotatable bonds is 5. The van der Waals surface area contributed by atoms with Crippen molar-refractivity contribution in [3.63, 3.8) is 0 Å². The zero-order valence-electron chi connectivity index (χ0n) is 11.7. The average Bonchev–Trinajstić information content (AvgIpc) is 2.15. The van der Waals surface area contributed by atoms with Gasteiger partial charge in [-0.3, -0.25) is 0 Å². The van der Waals surface area contributed by atoms with Crippen LogP contribution >= 0.6 is 0 Å². The lowest BCUT2D eigenvalue weighted by Gasteiger charge is -2.57. The third-order valence-electron chi connectivity index (χ3n) is 3.72. The lowest BCUT2D eigenvalue weighted by Crippen LogP contribution is -2.66. The molecule has 0 amide bonds. The van der Waals surface area contributed by atoms with Gasteiger partial charge in [0.25, 0.3) is 0 Å². The van der Waals surface area contributed by atoms with E-state index in [9.17, 15) is 10.2 Å². The van der Waals surface area contributed by atoms with E-state index in [4.69, 9.17) is 0 Å². The Hall–Kier alpha value is -0.160. The fourth-order valence-electron chi connectivity index (χ4n) is 3.29. The van der Waals surface area contributed by atoms with Crippen LogP contribution in [0.5, 0.6) is 0 Å². The van der Waals surface area contributed by atoms with E-state index in [1.807, 2.05) is 0 Å². The highest BCUT2D eigenvalue weighted by molar-refractivity contribution is 4.95. The molecule has 0 saturated carbocycles. The predicted octanol–water partition coefficient (Wildman–Crippen LogP) is 1.23. The van der Waals surface area contributed by atoms with E-state index in [0.717, 1.165) is 12.8 Å². The van der Waals surface area contributed by atoms with Gasteiger partial charge in [0.1, 0.15) is 0 Å². The molecule has 102 valence electrons. The number of hydrogen-bond acceptors (Lipinski definition) is 4. The first kappa shape index (κ1) is 14.9. The number of aliphatic hydroxyl groups is 2. The van der Waals surface area contributed by atoms with Crippen molar-refractivity contribution < 1.29 is 10.2 Å². The molecule has 4 nitrogen and oxygen atoms in total. The topological polar surface area (TPSA) is 46.9 Å². The molecule has 1 saturated heterocycles. The molecule has 0 aromatic rings. The lowest BCUT2D eigenvalue weighted by atomic mass is 9.81. The van der Waals surface area contributed by atoms with Gasteiger partial charge in [0.15, 0.2) is 0 Å². The highest BCUT2D eigenvalue weighted by atomic mass is 16.3. The first-order valence-electron chi connectivity index (χ1n) is 6.62. The van der Waals surface area contributed by atoms with Crippen molar-refractivity contribution in [1.82, 2.24) is 10.0 Å². The summed E-state index contributed by atoms with van der Waals surface area (Å²) in [6.45, 7) is 10.4. The van der Waals surface area contributed by atoms with Crippen molar-refractivity contribution in [2.24, 2.45) is 0 Å². The Balaban J connectivity index is 2.92. The van der Waals surface area contributed by atoms with Crippen molar-refractivity contribution in [2.45, 2.75) is 58.0 Å². The summed E-state index contributed by atoms with van der Waals surface area (Å²) in [7, 11) is 0. The Labute approximate surface area is 105 Å². The Kier molecular flexibility index (Phi) is 4.95. The van der Waals surface area contributed by atoms with E-state index in [2.05, 4.69) is 37.7 Å². The molecule has 0 aromatic carbocycles. The molecule has 0 atom stereocenters. The van der Waals surface area contributed by atoms with Crippen LogP contribution in [0.3, 0.4) is 0 Å². The molecule has 2 N–H and O–H groups in total. The molecule has 0 spiro atoms. The van der Waals surface area contributed by atoms with E-state index in [0.29, 0.717) is 13.1 Å². The normalized spacial score (nSPS) is 24.2. The minimum absolute atomic E-state index is 0.0894. The summed E-state index contributed by atoms with van der Waals surface area (Å²) in [5, 5.41) is 22.9. The van der Waals surface area contributed by atoms with Gasteiger partial charge in [0.2, 0.25) is 0 Å². The summed E-state index contributed by atoms with van der Waals surface area (Å²) < 4.78 is 0. The summed E-state index contributed by atoms with van der Waals surface area (Å²) in [6, 6.07) is 0. The van der Waals surface area contributed by atoms with Gasteiger partial charge in [0.05, 0.1) is 13.2 Å².